The van der Waals surface area contributed by atoms with Crippen molar-refractivity contribution >= 4 is 37.5 Å². The van der Waals surface area contributed by atoms with Gasteiger partial charge in [-0.15, -0.1) is 0 Å². The highest BCUT2D eigenvalue weighted by Gasteiger charge is 2.28. The van der Waals surface area contributed by atoms with Gasteiger partial charge in [0.15, 0.2) is 0 Å². The summed E-state index contributed by atoms with van der Waals surface area (Å²) in [5, 5.41) is 2.71. The minimum atomic E-state index is -3.61. The second-order valence-electron chi connectivity index (χ2n) is 5.72. The minimum absolute atomic E-state index is 0.00732. The Hall–Kier alpha value is -1.90. The average Bonchev–Trinajstić information content (AvgIpc) is 3.38. The van der Waals surface area contributed by atoms with E-state index in [0.717, 1.165) is 17.3 Å². The van der Waals surface area contributed by atoms with Gasteiger partial charge in [-0.1, -0.05) is 15.9 Å². The predicted molar refractivity (Wildman–Crippen MR) is 98.4 cm³/mol. The van der Waals surface area contributed by atoms with Gasteiger partial charge < -0.3 is 10.1 Å². The van der Waals surface area contributed by atoms with Crippen molar-refractivity contribution in [1.29, 1.82) is 0 Å². The quantitative estimate of drug-likeness (QED) is 0.745. The van der Waals surface area contributed by atoms with E-state index >= 15 is 0 Å². The molecule has 0 atom stereocenters. The fraction of sp³-hybridized carbons (Fsp3) is 0.235. The average molecular weight is 425 g/mol. The molecule has 0 radical (unpaired) electrons. The van der Waals surface area contributed by atoms with Gasteiger partial charge in [0.2, 0.25) is 10.0 Å². The van der Waals surface area contributed by atoms with Gasteiger partial charge in [0.1, 0.15) is 5.75 Å². The van der Waals surface area contributed by atoms with Crippen LogP contribution >= 0.6 is 15.9 Å². The Morgan fingerprint density at radius 1 is 1.16 bits per heavy atom. The molecule has 1 aliphatic rings. The number of carbonyl (C=O) groups excluding carboxylic acids is 1. The molecule has 132 valence electrons. The lowest BCUT2D eigenvalue weighted by Gasteiger charge is -2.13. The van der Waals surface area contributed by atoms with Gasteiger partial charge in [-0.2, -0.15) is 0 Å². The van der Waals surface area contributed by atoms with Crippen LogP contribution in [0, 0.1) is 0 Å². The summed E-state index contributed by atoms with van der Waals surface area (Å²) in [6, 6.07) is 11.2. The third kappa shape index (κ3) is 4.39. The molecule has 0 unspecified atom stereocenters. The van der Waals surface area contributed by atoms with Crippen molar-refractivity contribution in [3.05, 3.63) is 52.5 Å². The summed E-state index contributed by atoms with van der Waals surface area (Å²) < 4.78 is 33.4. The van der Waals surface area contributed by atoms with E-state index < -0.39 is 10.0 Å². The Morgan fingerprint density at radius 2 is 1.84 bits per heavy atom. The molecule has 2 N–H and O–H groups in total. The Morgan fingerprint density at radius 3 is 2.44 bits per heavy atom. The third-order valence-electron chi connectivity index (χ3n) is 3.74. The van der Waals surface area contributed by atoms with Crippen molar-refractivity contribution in [2.75, 3.05) is 12.4 Å². The molecule has 2 aromatic rings. The molecule has 2 aromatic carbocycles. The summed E-state index contributed by atoms with van der Waals surface area (Å²) in [5.74, 6) is 0.0336. The van der Waals surface area contributed by atoms with Crippen molar-refractivity contribution < 1.29 is 17.9 Å². The number of hydrogen-bond acceptors (Lipinski definition) is 4. The van der Waals surface area contributed by atoms with Gasteiger partial charge in [0.05, 0.1) is 17.7 Å². The SMILES string of the molecule is COc1ccc(S(=O)(=O)NC2CC2)cc1NC(=O)c1ccc(Br)cc1. The van der Waals surface area contributed by atoms with Crippen molar-refractivity contribution in [2.45, 2.75) is 23.8 Å². The number of amides is 1. The van der Waals surface area contributed by atoms with Crippen LogP contribution in [-0.2, 0) is 10.0 Å². The highest BCUT2D eigenvalue weighted by molar-refractivity contribution is 9.10. The van der Waals surface area contributed by atoms with Crippen LogP contribution in [0.1, 0.15) is 23.2 Å². The second kappa shape index (κ2) is 7.15. The number of sulfonamides is 1. The Labute approximate surface area is 154 Å². The maximum atomic E-state index is 12.4. The lowest BCUT2D eigenvalue weighted by Crippen LogP contribution is -2.25. The molecule has 1 saturated carbocycles. The van der Waals surface area contributed by atoms with Crippen LogP contribution in [0.4, 0.5) is 5.69 Å². The molecule has 1 amide bonds. The van der Waals surface area contributed by atoms with E-state index in [2.05, 4.69) is 26.0 Å². The first-order valence-corrected chi connectivity index (χ1v) is 9.94. The highest BCUT2D eigenvalue weighted by Crippen LogP contribution is 2.29. The normalized spacial score (nSPS) is 14.2. The largest absolute Gasteiger partial charge is 0.495 e. The van der Waals surface area contributed by atoms with E-state index in [1.54, 1.807) is 24.3 Å². The van der Waals surface area contributed by atoms with Crippen molar-refractivity contribution in [2.24, 2.45) is 0 Å². The maximum absolute atomic E-state index is 12.4. The summed E-state index contributed by atoms with van der Waals surface area (Å²) in [6.07, 6.45) is 1.70. The molecule has 0 aromatic heterocycles. The van der Waals surface area contributed by atoms with Crippen molar-refractivity contribution in [3.63, 3.8) is 0 Å². The number of rotatable bonds is 6. The van der Waals surface area contributed by atoms with Crippen LogP contribution in [0.2, 0.25) is 0 Å². The topological polar surface area (TPSA) is 84.5 Å². The van der Waals surface area contributed by atoms with Crippen LogP contribution in [0.15, 0.2) is 51.8 Å². The lowest BCUT2D eigenvalue weighted by atomic mass is 10.2. The van der Waals surface area contributed by atoms with Crippen LogP contribution in [0.3, 0.4) is 0 Å². The maximum Gasteiger partial charge on any atom is 0.255 e. The molecule has 0 saturated heterocycles. The van der Waals surface area contributed by atoms with Crippen LogP contribution in [0.5, 0.6) is 5.75 Å². The summed E-state index contributed by atoms with van der Waals surface area (Å²) >= 11 is 3.31. The minimum Gasteiger partial charge on any atom is -0.495 e. The lowest BCUT2D eigenvalue weighted by molar-refractivity contribution is 0.102. The molecule has 0 bridgehead atoms. The summed E-state index contributed by atoms with van der Waals surface area (Å²) in [7, 11) is -2.15. The summed E-state index contributed by atoms with van der Waals surface area (Å²) in [5.41, 5.74) is 0.753. The number of carbonyl (C=O) groups is 1. The van der Waals surface area contributed by atoms with Crippen LogP contribution < -0.4 is 14.8 Å². The van der Waals surface area contributed by atoms with Gasteiger partial charge in [0, 0.05) is 16.1 Å². The van der Waals surface area contributed by atoms with Gasteiger partial charge in [0.25, 0.3) is 5.91 Å². The monoisotopic (exact) mass is 424 g/mol. The number of nitrogens with one attached hydrogen (secondary N) is 2. The molecule has 3 rings (SSSR count). The Kier molecular flexibility index (Phi) is 5.12. The first kappa shape index (κ1) is 17.9. The van der Waals surface area contributed by atoms with Gasteiger partial charge in [-0.25, -0.2) is 13.1 Å². The van der Waals surface area contributed by atoms with E-state index in [0.29, 0.717) is 17.0 Å². The number of ether oxygens (including phenoxy) is 1. The number of hydrogen-bond donors (Lipinski definition) is 2. The number of methoxy groups -OCH3 is 1. The third-order valence-corrected chi connectivity index (χ3v) is 5.78. The van der Waals surface area contributed by atoms with Gasteiger partial charge in [-0.05, 0) is 55.3 Å². The van der Waals surface area contributed by atoms with E-state index in [4.69, 9.17) is 4.74 Å². The molecule has 25 heavy (non-hydrogen) atoms. The smallest absolute Gasteiger partial charge is 0.255 e. The highest BCUT2D eigenvalue weighted by atomic mass is 79.9. The summed E-state index contributed by atoms with van der Waals surface area (Å²) in [6.45, 7) is 0. The second-order valence-corrected chi connectivity index (χ2v) is 8.35. The van der Waals surface area contributed by atoms with E-state index in [1.165, 1.54) is 25.3 Å². The molecular formula is C17H17BrN2O4S. The number of anilines is 1. The molecule has 0 spiro atoms. The first-order valence-electron chi connectivity index (χ1n) is 7.66. The van der Waals surface area contributed by atoms with Gasteiger partial charge in [-0.3, -0.25) is 4.79 Å². The molecule has 6 nitrogen and oxygen atoms in total. The Bertz CT molecular complexity index is 893. The van der Waals surface area contributed by atoms with Crippen molar-refractivity contribution in [3.8, 4) is 5.75 Å². The molecule has 1 fully saturated rings. The van der Waals surface area contributed by atoms with Crippen molar-refractivity contribution in [1.82, 2.24) is 4.72 Å². The predicted octanol–water partition coefficient (Wildman–Crippen LogP) is 3.15. The molecular weight excluding hydrogens is 408 g/mol. The molecule has 0 heterocycles. The molecule has 8 heteroatoms. The van der Waals surface area contributed by atoms with Crippen LogP contribution in [0.25, 0.3) is 0 Å². The zero-order chi connectivity index (χ0) is 18.0. The van der Waals surface area contributed by atoms with E-state index in [9.17, 15) is 13.2 Å². The fourth-order valence-electron chi connectivity index (χ4n) is 2.24. The fourth-order valence-corrected chi connectivity index (χ4v) is 3.83. The van der Waals surface area contributed by atoms with E-state index in [1.807, 2.05) is 0 Å². The number of halogens is 1. The van der Waals surface area contributed by atoms with Gasteiger partial charge >= 0.3 is 0 Å². The standard InChI is InChI=1S/C17H17BrN2O4S/c1-24-16-9-8-14(25(22,23)20-13-6-7-13)10-15(16)19-17(21)11-2-4-12(18)5-3-11/h2-5,8-10,13,20H,6-7H2,1H3,(H,19,21). The number of benzene rings is 2. The zero-order valence-corrected chi connectivity index (χ0v) is 15.9. The zero-order valence-electron chi connectivity index (χ0n) is 13.5. The molecule has 0 aliphatic heterocycles. The first-order chi connectivity index (χ1) is 11.9. The van der Waals surface area contributed by atoms with E-state index in [-0.39, 0.29) is 16.8 Å². The molecule has 1 aliphatic carbocycles. The van der Waals surface area contributed by atoms with Crippen LogP contribution in [-0.4, -0.2) is 27.5 Å². The summed E-state index contributed by atoms with van der Waals surface area (Å²) in [4.78, 5) is 12.5. The Balaban J connectivity index is 1.87.